The van der Waals surface area contributed by atoms with E-state index in [1.165, 1.54) is 0 Å². The van der Waals surface area contributed by atoms with Gasteiger partial charge in [-0.25, -0.2) is 17.9 Å². The lowest BCUT2D eigenvalue weighted by atomic mass is 10.2. The number of carbonyl (C=O) groups is 1. The number of hydrogen-bond donors (Lipinski definition) is 2. The van der Waals surface area contributed by atoms with Crippen molar-refractivity contribution in [3.05, 3.63) is 29.8 Å². The summed E-state index contributed by atoms with van der Waals surface area (Å²) >= 11 is 0. The van der Waals surface area contributed by atoms with E-state index in [4.69, 9.17) is 5.11 Å². The lowest BCUT2D eigenvalue weighted by Gasteiger charge is -2.15. The van der Waals surface area contributed by atoms with Gasteiger partial charge in [-0.05, 0) is 24.3 Å². The number of sulfonamides is 1. The number of aliphatic hydroxyl groups excluding tert-OH is 1. The van der Waals surface area contributed by atoms with Gasteiger partial charge in [0.1, 0.15) is 0 Å². The molecule has 0 aromatic heterocycles. The number of esters is 1. The second-order valence-corrected chi connectivity index (χ2v) is 5.69. The van der Waals surface area contributed by atoms with Crippen LogP contribution < -0.4 is 4.72 Å². The summed E-state index contributed by atoms with van der Waals surface area (Å²) in [5.74, 6) is -0.681. The van der Waals surface area contributed by atoms with Crippen molar-refractivity contribution in [1.82, 2.24) is 4.72 Å². The molecule has 2 N–H and O–H groups in total. The number of ether oxygens (including phenoxy) is 1. The Bertz CT molecular complexity index is 597. The molecule has 21 heavy (non-hydrogen) atoms. The lowest BCUT2D eigenvalue weighted by molar-refractivity contribution is -0.200. The number of methoxy groups -OCH3 is 1. The number of halogens is 3. The van der Waals surface area contributed by atoms with E-state index >= 15 is 0 Å². The van der Waals surface area contributed by atoms with E-state index < -0.39 is 34.8 Å². The van der Waals surface area contributed by atoms with E-state index in [2.05, 4.69) is 4.74 Å². The van der Waals surface area contributed by atoms with Crippen LogP contribution in [0.5, 0.6) is 0 Å². The fraction of sp³-hybridized carbons (Fsp3) is 0.364. The zero-order chi connectivity index (χ0) is 16.3. The van der Waals surface area contributed by atoms with Crippen LogP contribution >= 0.6 is 0 Å². The summed E-state index contributed by atoms with van der Waals surface area (Å²) in [4.78, 5) is 10.8. The smallest absolute Gasteiger partial charge is 0.415 e. The Balaban J connectivity index is 2.82. The molecular weight excluding hydrogens is 315 g/mol. The van der Waals surface area contributed by atoms with Gasteiger partial charge < -0.3 is 9.84 Å². The first kappa shape index (κ1) is 17.4. The molecule has 0 aliphatic heterocycles. The van der Waals surface area contributed by atoms with Crippen molar-refractivity contribution in [3.63, 3.8) is 0 Å². The first-order chi connectivity index (χ1) is 9.58. The molecule has 0 heterocycles. The van der Waals surface area contributed by atoms with Crippen LogP contribution in [0.3, 0.4) is 0 Å². The van der Waals surface area contributed by atoms with Crippen LogP contribution in [0.1, 0.15) is 10.4 Å². The molecule has 1 atom stereocenters. The molecule has 0 bridgehead atoms. The molecule has 1 rings (SSSR count). The Hall–Kier alpha value is -1.65. The summed E-state index contributed by atoms with van der Waals surface area (Å²) in [6.45, 7) is -1.20. The van der Waals surface area contributed by atoms with Crippen molar-refractivity contribution in [2.45, 2.75) is 17.2 Å². The Morgan fingerprint density at radius 2 is 1.86 bits per heavy atom. The van der Waals surface area contributed by atoms with Crippen molar-refractivity contribution in [1.29, 1.82) is 0 Å². The number of benzene rings is 1. The van der Waals surface area contributed by atoms with Crippen LogP contribution in [0.15, 0.2) is 29.2 Å². The maximum absolute atomic E-state index is 12.1. The highest BCUT2D eigenvalue weighted by molar-refractivity contribution is 7.89. The van der Waals surface area contributed by atoms with Gasteiger partial charge in [0.15, 0.2) is 6.10 Å². The molecule has 0 fully saturated rings. The fourth-order valence-electron chi connectivity index (χ4n) is 1.28. The molecule has 0 saturated carbocycles. The van der Waals surface area contributed by atoms with E-state index in [0.29, 0.717) is 0 Å². The first-order valence-electron chi connectivity index (χ1n) is 5.51. The Morgan fingerprint density at radius 3 is 2.29 bits per heavy atom. The minimum Gasteiger partial charge on any atom is -0.465 e. The lowest BCUT2D eigenvalue weighted by Crippen LogP contribution is -2.40. The van der Waals surface area contributed by atoms with E-state index in [1.807, 2.05) is 0 Å². The summed E-state index contributed by atoms with van der Waals surface area (Å²) in [5.41, 5.74) is 0.0896. The topological polar surface area (TPSA) is 92.7 Å². The van der Waals surface area contributed by atoms with E-state index in [-0.39, 0.29) is 10.5 Å². The highest BCUT2D eigenvalue weighted by Gasteiger charge is 2.38. The van der Waals surface area contributed by atoms with Crippen molar-refractivity contribution in [3.8, 4) is 0 Å². The molecule has 6 nitrogen and oxygen atoms in total. The minimum absolute atomic E-state index is 0.0896. The third-order valence-electron chi connectivity index (χ3n) is 2.43. The number of aliphatic hydroxyl groups is 1. The van der Waals surface area contributed by atoms with Gasteiger partial charge in [0.2, 0.25) is 10.0 Å². The van der Waals surface area contributed by atoms with Crippen LogP contribution in [0.4, 0.5) is 13.2 Å². The molecule has 1 aromatic carbocycles. The first-order valence-corrected chi connectivity index (χ1v) is 6.99. The Morgan fingerprint density at radius 1 is 1.33 bits per heavy atom. The average Bonchev–Trinajstić information content (AvgIpc) is 2.43. The predicted molar refractivity (Wildman–Crippen MR) is 65.0 cm³/mol. The number of nitrogens with one attached hydrogen (secondary N) is 1. The Labute approximate surface area is 118 Å². The fourth-order valence-corrected chi connectivity index (χ4v) is 2.31. The third kappa shape index (κ3) is 4.69. The van der Waals surface area contributed by atoms with Crippen LogP contribution in [0.2, 0.25) is 0 Å². The monoisotopic (exact) mass is 327 g/mol. The molecule has 0 amide bonds. The maximum Gasteiger partial charge on any atom is 0.415 e. The van der Waals surface area contributed by atoms with Gasteiger partial charge in [-0.1, -0.05) is 0 Å². The van der Waals surface area contributed by atoms with E-state index in [1.54, 1.807) is 4.72 Å². The van der Waals surface area contributed by atoms with E-state index in [9.17, 15) is 26.4 Å². The van der Waals surface area contributed by atoms with Crippen LogP contribution in [0.25, 0.3) is 0 Å². The minimum atomic E-state index is -4.92. The highest BCUT2D eigenvalue weighted by atomic mass is 32.2. The molecule has 10 heteroatoms. The van der Waals surface area contributed by atoms with Crippen molar-refractivity contribution in [2.24, 2.45) is 0 Å². The molecule has 0 aliphatic carbocycles. The molecule has 0 saturated heterocycles. The summed E-state index contributed by atoms with van der Waals surface area (Å²) < 4.78 is 65.7. The van der Waals surface area contributed by atoms with E-state index in [0.717, 1.165) is 31.4 Å². The van der Waals surface area contributed by atoms with Crippen molar-refractivity contribution >= 4 is 16.0 Å². The Kier molecular flexibility index (Phi) is 5.31. The van der Waals surface area contributed by atoms with Gasteiger partial charge in [0.05, 0.1) is 17.6 Å². The summed E-state index contributed by atoms with van der Waals surface area (Å²) in [5, 5.41) is 8.73. The molecule has 118 valence electrons. The van der Waals surface area contributed by atoms with Gasteiger partial charge in [-0.3, -0.25) is 0 Å². The molecular formula is C11H12F3NO5S. The third-order valence-corrected chi connectivity index (χ3v) is 3.87. The molecule has 1 unspecified atom stereocenters. The summed E-state index contributed by atoms with van der Waals surface area (Å²) in [6.07, 6.45) is -7.72. The van der Waals surface area contributed by atoms with Gasteiger partial charge in [-0.15, -0.1) is 0 Å². The average molecular weight is 327 g/mol. The standard InChI is InChI=1S/C11H12F3NO5S/c1-20-10(17)7-2-4-8(5-3-7)21(18,19)15-6-9(16)11(12,13)14/h2-5,9,15-16H,6H2,1H3. The quantitative estimate of drug-likeness (QED) is 0.776. The van der Waals surface area contributed by atoms with Crippen LogP contribution in [-0.2, 0) is 14.8 Å². The van der Waals surface area contributed by atoms with Gasteiger partial charge >= 0.3 is 12.1 Å². The number of carbonyl (C=O) groups excluding carboxylic acids is 1. The SMILES string of the molecule is COC(=O)c1ccc(S(=O)(=O)NCC(O)C(F)(F)F)cc1. The largest absolute Gasteiger partial charge is 0.465 e. The normalized spacial score (nSPS) is 13.8. The van der Waals surface area contributed by atoms with Crippen LogP contribution in [0, 0.1) is 0 Å². The predicted octanol–water partition coefficient (Wildman–Crippen LogP) is 0.675. The molecule has 0 radical (unpaired) electrons. The van der Waals surface area contributed by atoms with Gasteiger partial charge in [0.25, 0.3) is 0 Å². The highest BCUT2D eigenvalue weighted by Crippen LogP contribution is 2.20. The van der Waals surface area contributed by atoms with Gasteiger partial charge in [0, 0.05) is 6.54 Å². The number of rotatable bonds is 5. The van der Waals surface area contributed by atoms with Crippen LogP contribution in [-0.4, -0.2) is 45.4 Å². The maximum atomic E-state index is 12.1. The van der Waals surface area contributed by atoms with Crippen molar-refractivity contribution in [2.75, 3.05) is 13.7 Å². The second-order valence-electron chi connectivity index (χ2n) is 3.93. The van der Waals surface area contributed by atoms with Gasteiger partial charge in [-0.2, -0.15) is 13.2 Å². The summed E-state index contributed by atoms with van der Waals surface area (Å²) in [6, 6.07) is 4.38. The summed E-state index contributed by atoms with van der Waals surface area (Å²) in [7, 11) is -3.08. The zero-order valence-electron chi connectivity index (χ0n) is 10.7. The zero-order valence-corrected chi connectivity index (χ0v) is 11.5. The number of hydrogen-bond acceptors (Lipinski definition) is 5. The van der Waals surface area contributed by atoms with Crippen molar-refractivity contribution < 1.29 is 36.2 Å². The molecule has 0 aliphatic rings. The molecule has 1 aromatic rings. The molecule has 0 spiro atoms. The second kappa shape index (κ2) is 6.41. The number of alkyl halides is 3.